The molecule has 1 N–H and O–H groups in total. The van der Waals surface area contributed by atoms with E-state index in [-0.39, 0.29) is 12.7 Å². The minimum absolute atomic E-state index is 0.141. The molecule has 1 aliphatic heterocycles. The molecule has 1 aromatic carbocycles. The van der Waals surface area contributed by atoms with E-state index in [9.17, 15) is 4.79 Å². The number of rotatable bonds is 8. The molecule has 5 heteroatoms. The molecule has 1 aromatic rings. The predicted octanol–water partition coefficient (Wildman–Crippen LogP) is 4.42. The molecule has 0 radical (unpaired) electrons. The molecule has 0 atom stereocenters. The Kier molecular flexibility index (Phi) is 8.42. The van der Waals surface area contributed by atoms with Crippen molar-refractivity contribution in [1.82, 2.24) is 4.90 Å². The molecular weight excluding hydrogens is 342 g/mol. The molecule has 0 saturated carbocycles. The minimum atomic E-state index is -0.427. The van der Waals surface area contributed by atoms with Gasteiger partial charge in [-0.1, -0.05) is 24.6 Å². The second-order valence-electron chi connectivity index (χ2n) is 8.34. The average molecular weight is 378 g/mol. The number of piperidine rings is 1. The van der Waals surface area contributed by atoms with Crippen molar-refractivity contribution in [3.8, 4) is 5.75 Å². The van der Waals surface area contributed by atoms with Gasteiger partial charge in [0.1, 0.15) is 11.4 Å². The van der Waals surface area contributed by atoms with E-state index in [1.165, 1.54) is 6.42 Å². The summed E-state index contributed by atoms with van der Waals surface area (Å²) >= 11 is 0. The van der Waals surface area contributed by atoms with Crippen LogP contribution < -0.4 is 4.74 Å². The Hall–Kier alpha value is -1.75. The van der Waals surface area contributed by atoms with E-state index in [4.69, 9.17) is 14.6 Å². The number of benzene rings is 1. The first-order valence-corrected chi connectivity index (χ1v) is 10.2. The summed E-state index contributed by atoms with van der Waals surface area (Å²) in [6, 6.07) is 7.91. The number of carbonyl (C=O) groups is 1. The van der Waals surface area contributed by atoms with Crippen LogP contribution in [-0.2, 0) is 11.2 Å². The van der Waals surface area contributed by atoms with Crippen LogP contribution in [0.1, 0.15) is 58.4 Å². The summed E-state index contributed by atoms with van der Waals surface area (Å²) in [5.74, 6) is 1.57. The van der Waals surface area contributed by atoms with Gasteiger partial charge >= 0.3 is 6.09 Å². The highest BCUT2D eigenvalue weighted by Gasteiger charge is 2.26. The number of amides is 1. The molecule has 0 aliphatic carbocycles. The van der Waals surface area contributed by atoms with Crippen LogP contribution in [0.25, 0.3) is 0 Å². The molecule has 2 rings (SSSR count). The molecule has 0 unspecified atom stereocenters. The molecule has 0 spiro atoms. The molecule has 1 amide bonds. The van der Waals surface area contributed by atoms with Gasteiger partial charge in [0, 0.05) is 19.7 Å². The van der Waals surface area contributed by atoms with Crippen molar-refractivity contribution in [2.45, 2.75) is 64.9 Å². The number of para-hydroxylation sites is 1. The van der Waals surface area contributed by atoms with E-state index >= 15 is 0 Å². The summed E-state index contributed by atoms with van der Waals surface area (Å²) in [7, 11) is 0. The summed E-state index contributed by atoms with van der Waals surface area (Å²) < 4.78 is 11.3. The van der Waals surface area contributed by atoms with Crippen molar-refractivity contribution in [3.63, 3.8) is 0 Å². The maximum absolute atomic E-state index is 12.1. The van der Waals surface area contributed by atoms with E-state index in [0.717, 1.165) is 50.1 Å². The smallest absolute Gasteiger partial charge is 0.410 e. The maximum atomic E-state index is 12.1. The molecule has 5 nitrogen and oxygen atoms in total. The third-order valence-electron chi connectivity index (χ3n) is 4.88. The van der Waals surface area contributed by atoms with Crippen LogP contribution in [0, 0.1) is 5.92 Å². The van der Waals surface area contributed by atoms with Crippen molar-refractivity contribution in [2.75, 3.05) is 26.3 Å². The quantitative estimate of drug-likeness (QED) is 0.682. The Labute approximate surface area is 163 Å². The summed E-state index contributed by atoms with van der Waals surface area (Å²) in [4.78, 5) is 13.9. The van der Waals surface area contributed by atoms with Crippen LogP contribution >= 0.6 is 0 Å². The summed E-state index contributed by atoms with van der Waals surface area (Å²) in [6.07, 6.45) is 5.91. The van der Waals surface area contributed by atoms with Crippen molar-refractivity contribution < 1.29 is 19.4 Å². The lowest BCUT2D eigenvalue weighted by Crippen LogP contribution is -2.41. The Morgan fingerprint density at radius 1 is 1.19 bits per heavy atom. The van der Waals surface area contributed by atoms with Gasteiger partial charge in [0.2, 0.25) is 0 Å². The third kappa shape index (κ3) is 7.79. The summed E-state index contributed by atoms with van der Waals surface area (Å²) in [5, 5.41) is 9.12. The highest BCUT2D eigenvalue weighted by molar-refractivity contribution is 5.68. The minimum Gasteiger partial charge on any atom is -0.493 e. The van der Waals surface area contributed by atoms with Crippen LogP contribution in [0.2, 0.25) is 0 Å². The van der Waals surface area contributed by atoms with Crippen molar-refractivity contribution in [2.24, 2.45) is 5.92 Å². The van der Waals surface area contributed by atoms with Crippen LogP contribution in [0.5, 0.6) is 5.75 Å². The number of hydrogen-bond acceptors (Lipinski definition) is 4. The number of carbonyl (C=O) groups excluding carboxylic acids is 1. The number of nitrogens with zero attached hydrogens (tertiary/aromatic N) is 1. The van der Waals surface area contributed by atoms with Gasteiger partial charge in [-0.2, -0.15) is 0 Å². The van der Waals surface area contributed by atoms with Crippen molar-refractivity contribution >= 4 is 6.09 Å². The van der Waals surface area contributed by atoms with E-state index in [1.54, 1.807) is 0 Å². The first-order chi connectivity index (χ1) is 12.9. The fourth-order valence-corrected chi connectivity index (χ4v) is 3.42. The van der Waals surface area contributed by atoms with Gasteiger partial charge in [-0.3, -0.25) is 0 Å². The SMILES string of the molecule is CC(C)(C)OC(=O)N1CCC(CCCCOc2ccccc2CCO)CC1. The number of ether oxygens (including phenoxy) is 2. The maximum Gasteiger partial charge on any atom is 0.410 e. The standard InChI is InChI=1S/C22H35NO4/c1-22(2,3)27-21(25)23-14-11-18(12-15-23)8-6-7-17-26-20-10-5-4-9-19(20)13-16-24/h4-5,9-10,18,24H,6-8,11-17H2,1-3H3. The largest absolute Gasteiger partial charge is 0.493 e. The van der Waals surface area contributed by atoms with Crippen LogP contribution in [-0.4, -0.2) is 48.0 Å². The van der Waals surface area contributed by atoms with E-state index < -0.39 is 5.60 Å². The first kappa shape index (κ1) is 21.5. The lowest BCUT2D eigenvalue weighted by molar-refractivity contribution is 0.0180. The van der Waals surface area contributed by atoms with Crippen molar-refractivity contribution in [3.05, 3.63) is 29.8 Å². The lowest BCUT2D eigenvalue weighted by Gasteiger charge is -2.33. The third-order valence-corrected chi connectivity index (χ3v) is 4.88. The van der Waals surface area contributed by atoms with Gasteiger partial charge in [0.15, 0.2) is 0 Å². The Morgan fingerprint density at radius 3 is 2.56 bits per heavy atom. The number of aliphatic hydroxyl groups excluding tert-OH is 1. The highest BCUT2D eigenvalue weighted by Crippen LogP contribution is 2.24. The van der Waals surface area contributed by atoms with Gasteiger partial charge in [0.05, 0.1) is 6.61 Å². The van der Waals surface area contributed by atoms with Gasteiger partial charge < -0.3 is 19.5 Å². The number of hydrogen-bond donors (Lipinski definition) is 1. The first-order valence-electron chi connectivity index (χ1n) is 10.2. The molecular formula is C22H35NO4. The zero-order chi connectivity index (χ0) is 19.7. The lowest BCUT2D eigenvalue weighted by atomic mass is 9.92. The normalized spacial score (nSPS) is 15.6. The highest BCUT2D eigenvalue weighted by atomic mass is 16.6. The Balaban J connectivity index is 1.60. The van der Waals surface area contributed by atoms with Crippen molar-refractivity contribution in [1.29, 1.82) is 0 Å². The predicted molar refractivity (Wildman–Crippen MR) is 107 cm³/mol. The number of likely N-dealkylation sites (tertiary alicyclic amines) is 1. The zero-order valence-electron chi connectivity index (χ0n) is 17.1. The van der Waals surface area contributed by atoms with Gasteiger partial charge in [0.25, 0.3) is 0 Å². The molecule has 0 bridgehead atoms. The summed E-state index contributed by atoms with van der Waals surface area (Å²) in [6.45, 7) is 8.16. The monoisotopic (exact) mass is 377 g/mol. The number of aliphatic hydroxyl groups is 1. The Morgan fingerprint density at radius 2 is 1.89 bits per heavy atom. The van der Waals surface area contributed by atoms with Gasteiger partial charge in [-0.15, -0.1) is 0 Å². The molecule has 1 aliphatic rings. The molecule has 1 saturated heterocycles. The molecule has 152 valence electrons. The molecule has 0 aromatic heterocycles. The topological polar surface area (TPSA) is 59.0 Å². The average Bonchev–Trinajstić information content (AvgIpc) is 2.62. The summed E-state index contributed by atoms with van der Waals surface area (Å²) in [5.41, 5.74) is 0.638. The van der Waals surface area contributed by atoms with E-state index in [2.05, 4.69) is 0 Å². The van der Waals surface area contributed by atoms with Crippen LogP contribution in [0.15, 0.2) is 24.3 Å². The molecule has 1 heterocycles. The van der Waals surface area contributed by atoms with Crippen LogP contribution in [0.3, 0.4) is 0 Å². The fraction of sp³-hybridized carbons (Fsp3) is 0.682. The zero-order valence-corrected chi connectivity index (χ0v) is 17.1. The Bertz CT molecular complexity index is 574. The second kappa shape index (κ2) is 10.5. The van der Waals surface area contributed by atoms with E-state index in [1.807, 2.05) is 49.9 Å². The van der Waals surface area contributed by atoms with Gasteiger partial charge in [-0.05, 0) is 70.4 Å². The number of unbranched alkanes of at least 4 members (excludes halogenated alkanes) is 1. The van der Waals surface area contributed by atoms with E-state index in [0.29, 0.717) is 18.9 Å². The molecule has 1 fully saturated rings. The fourth-order valence-electron chi connectivity index (χ4n) is 3.42. The molecule has 27 heavy (non-hydrogen) atoms. The van der Waals surface area contributed by atoms with Gasteiger partial charge in [-0.25, -0.2) is 4.79 Å². The van der Waals surface area contributed by atoms with Crippen LogP contribution in [0.4, 0.5) is 4.79 Å². The second-order valence-corrected chi connectivity index (χ2v) is 8.34.